The van der Waals surface area contributed by atoms with Crippen LogP contribution in [0.4, 0.5) is 8.78 Å². The number of ether oxygens (including phenoxy) is 1. The fraction of sp³-hybridized carbons (Fsp3) is 0.500. The van der Waals surface area contributed by atoms with Crippen molar-refractivity contribution in [2.45, 2.75) is 18.2 Å². The highest BCUT2D eigenvalue weighted by Gasteiger charge is 2.18. The molecule has 0 saturated heterocycles. The summed E-state index contributed by atoms with van der Waals surface area (Å²) in [5, 5.41) is 7.43. The molecule has 0 aromatic carbocycles. The lowest BCUT2D eigenvalue weighted by atomic mass is 10.4. The Balaban J connectivity index is 2.53. The van der Waals surface area contributed by atoms with Gasteiger partial charge in [0.05, 0.1) is 16.4 Å². The molecule has 1 rings (SSSR count). The Bertz CT molecular complexity index is 572. The number of thiophene rings is 1. The Kier molecular flexibility index (Phi) is 5.99. The third-order valence-electron chi connectivity index (χ3n) is 2.18. The molecule has 0 radical (unpaired) electrons. The smallest absolute Gasteiger partial charge is 0.261 e. The number of amides is 1. The fourth-order valence-electron chi connectivity index (χ4n) is 1.36. The van der Waals surface area contributed by atoms with Gasteiger partial charge in [-0.3, -0.25) is 4.79 Å². The van der Waals surface area contributed by atoms with E-state index in [0.717, 1.165) is 11.3 Å². The number of aryl methyl sites for hydroxylation is 1. The van der Waals surface area contributed by atoms with Crippen LogP contribution in [0.25, 0.3) is 0 Å². The van der Waals surface area contributed by atoms with Gasteiger partial charge in [-0.1, -0.05) is 0 Å². The zero-order chi connectivity index (χ0) is 15.3. The van der Waals surface area contributed by atoms with Crippen molar-refractivity contribution in [1.29, 1.82) is 0 Å². The second-order valence-electron chi connectivity index (χ2n) is 3.80. The molecule has 0 aliphatic rings. The SMILES string of the molecule is Cc1sc(C(=O)NCCOCC(F)F)cc1S(N)(=O)=O. The van der Waals surface area contributed by atoms with Crippen molar-refractivity contribution in [3.8, 4) is 0 Å². The lowest BCUT2D eigenvalue weighted by Gasteiger charge is -2.04. The van der Waals surface area contributed by atoms with Gasteiger partial charge >= 0.3 is 0 Å². The number of hydrogen-bond acceptors (Lipinski definition) is 5. The minimum Gasteiger partial charge on any atom is -0.374 e. The van der Waals surface area contributed by atoms with Crippen molar-refractivity contribution in [2.75, 3.05) is 19.8 Å². The number of halogens is 2. The first-order valence-corrected chi connectivity index (χ1v) is 7.85. The highest BCUT2D eigenvalue weighted by Crippen LogP contribution is 2.24. The third kappa shape index (κ3) is 5.12. The van der Waals surface area contributed by atoms with Gasteiger partial charge in [0.2, 0.25) is 10.0 Å². The van der Waals surface area contributed by atoms with Gasteiger partial charge in [0.25, 0.3) is 12.3 Å². The molecule has 0 aliphatic heterocycles. The Morgan fingerprint density at radius 3 is 2.70 bits per heavy atom. The first kappa shape index (κ1) is 17.0. The second-order valence-corrected chi connectivity index (χ2v) is 6.58. The number of rotatable bonds is 7. The van der Waals surface area contributed by atoms with Gasteiger partial charge < -0.3 is 10.1 Å². The largest absolute Gasteiger partial charge is 0.374 e. The molecule has 0 bridgehead atoms. The molecule has 1 amide bonds. The molecule has 0 fully saturated rings. The fourth-order valence-corrected chi connectivity index (χ4v) is 3.42. The molecule has 0 spiro atoms. The van der Waals surface area contributed by atoms with Gasteiger partial charge in [0.1, 0.15) is 6.61 Å². The highest BCUT2D eigenvalue weighted by molar-refractivity contribution is 7.89. The maximum atomic E-state index is 11.8. The van der Waals surface area contributed by atoms with E-state index in [1.807, 2.05) is 0 Å². The van der Waals surface area contributed by atoms with E-state index in [9.17, 15) is 22.0 Å². The van der Waals surface area contributed by atoms with E-state index in [1.54, 1.807) is 0 Å². The average Bonchev–Trinajstić information content (AvgIpc) is 2.70. The molecule has 3 N–H and O–H groups in total. The number of hydrogen-bond donors (Lipinski definition) is 2. The van der Waals surface area contributed by atoms with Crippen LogP contribution in [0.15, 0.2) is 11.0 Å². The molecule has 1 aromatic heterocycles. The minimum atomic E-state index is -3.86. The van der Waals surface area contributed by atoms with Crippen LogP contribution in [0.1, 0.15) is 14.5 Å². The number of alkyl halides is 2. The van der Waals surface area contributed by atoms with Crippen molar-refractivity contribution in [3.63, 3.8) is 0 Å². The molecule has 0 saturated carbocycles. The van der Waals surface area contributed by atoms with Crippen LogP contribution in [-0.2, 0) is 14.8 Å². The molecule has 6 nitrogen and oxygen atoms in total. The zero-order valence-electron chi connectivity index (χ0n) is 10.6. The maximum absolute atomic E-state index is 11.8. The van der Waals surface area contributed by atoms with E-state index in [1.165, 1.54) is 13.0 Å². The molecule has 0 aliphatic carbocycles. The molecule has 0 unspecified atom stereocenters. The van der Waals surface area contributed by atoms with E-state index in [2.05, 4.69) is 10.1 Å². The number of carbonyl (C=O) groups is 1. The summed E-state index contributed by atoms with van der Waals surface area (Å²) < 4.78 is 50.5. The van der Waals surface area contributed by atoms with Crippen LogP contribution < -0.4 is 10.5 Å². The van der Waals surface area contributed by atoms with Crippen LogP contribution in [0.3, 0.4) is 0 Å². The summed E-state index contributed by atoms with van der Waals surface area (Å²) in [7, 11) is -3.86. The van der Waals surface area contributed by atoms with Crippen molar-refractivity contribution in [3.05, 3.63) is 15.8 Å². The number of sulfonamides is 1. The van der Waals surface area contributed by atoms with E-state index in [-0.39, 0.29) is 22.9 Å². The molecule has 1 aromatic rings. The van der Waals surface area contributed by atoms with Crippen LogP contribution in [-0.4, -0.2) is 40.5 Å². The lowest BCUT2D eigenvalue weighted by Crippen LogP contribution is -2.27. The molecular formula is C10H14F2N2O4S2. The molecule has 20 heavy (non-hydrogen) atoms. The molecule has 0 atom stereocenters. The summed E-state index contributed by atoms with van der Waals surface area (Å²) in [5.74, 6) is -0.506. The number of primary sulfonamides is 1. The van der Waals surface area contributed by atoms with Crippen molar-refractivity contribution in [1.82, 2.24) is 5.32 Å². The maximum Gasteiger partial charge on any atom is 0.261 e. The van der Waals surface area contributed by atoms with Gasteiger partial charge in [0, 0.05) is 11.4 Å². The van der Waals surface area contributed by atoms with E-state index < -0.39 is 29.0 Å². The molecular weight excluding hydrogens is 314 g/mol. The second kappa shape index (κ2) is 7.07. The van der Waals surface area contributed by atoms with Crippen molar-refractivity contribution < 1.29 is 26.7 Å². The van der Waals surface area contributed by atoms with E-state index >= 15 is 0 Å². The standard InChI is InChI=1S/C10H14F2N2O4S2/c1-6-8(20(13,16)17)4-7(19-6)10(15)14-2-3-18-5-9(11)12/h4,9H,2-3,5H2,1H3,(H,14,15)(H2,13,16,17). The van der Waals surface area contributed by atoms with Gasteiger partial charge in [-0.05, 0) is 13.0 Å². The number of nitrogens with one attached hydrogen (secondary N) is 1. The number of nitrogens with two attached hydrogens (primary N) is 1. The Hall–Kier alpha value is -1.10. The quantitative estimate of drug-likeness (QED) is 0.720. The Morgan fingerprint density at radius 1 is 1.55 bits per heavy atom. The van der Waals surface area contributed by atoms with Gasteiger partial charge in [-0.2, -0.15) is 0 Å². The predicted molar refractivity (Wildman–Crippen MR) is 69.6 cm³/mol. The van der Waals surface area contributed by atoms with Gasteiger partial charge in [-0.25, -0.2) is 22.3 Å². The van der Waals surface area contributed by atoms with Crippen LogP contribution in [0, 0.1) is 6.92 Å². The Labute approximate surface area is 119 Å². The Morgan fingerprint density at radius 2 is 2.20 bits per heavy atom. The zero-order valence-corrected chi connectivity index (χ0v) is 12.2. The first-order valence-electron chi connectivity index (χ1n) is 5.49. The van der Waals surface area contributed by atoms with Crippen LogP contribution in [0.2, 0.25) is 0 Å². The lowest BCUT2D eigenvalue weighted by molar-refractivity contribution is 0.0188. The number of carbonyl (C=O) groups excluding carboxylic acids is 1. The van der Waals surface area contributed by atoms with E-state index in [0.29, 0.717) is 4.88 Å². The monoisotopic (exact) mass is 328 g/mol. The minimum absolute atomic E-state index is 0.0488. The summed E-state index contributed by atoms with van der Waals surface area (Å²) in [5.41, 5.74) is 0. The normalized spacial score (nSPS) is 11.8. The topological polar surface area (TPSA) is 98.5 Å². The van der Waals surface area contributed by atoms with Gasteiger partial charge in [-0.15, -0.1) is 11.3 Å². The summed E-state index contributed by atoms with van der Waals surface area (Å²) in [6.07, 6.45) is -2.55. The summed E-state index contributed by atoms with van der Waals surface area (Å²) in [4.78, 5) is 12.2. The third-order valence-corrected chi connectivity index (χ3v) is 4.39. The molecule has 10 heteroatoms. The molecule has 114 valence electrons. The van der Waals surface area contributed by atoms with Crippen LogP contribution >= 0.6 is 11.3 Å². The summed E-state index contributed by atoms with van der Waals surface area (Å²) in [6, 6.07) is 1.19. The van der Waals surface area contributed by atoms with Crippen molar-refractivity contribution in [2.24, 2.45) is 5.14 Å². The van der Waals surface area contributed by atoms with E-state index in [4.69, 9.17) is 5.14 Å². The highest BCUT2D eigenvalue weighted by atomic mass is 32.2. The predicted octanol–water partition coefficient (Wildman–Crippen LogP) is 0.715. The van der Waals surface area contributed by atoms with Crippen LogP contribution in [0.5, 0.6) is 0 Å². The summed E-state index contributed by atoms with van der Waals surface area (Å²) >= 11 is 0.986. The van der Waals surface area contributed by atoms with Gasteiger partial charge in [0.15, 0.2) is 0 Å². The average molecular weight is 328 g/mol. The first-order chi connectivity index (χ1) is 9.21. The molecule has 1 heterocycles. The van der Waals surface area contributed by atoms with Crippen molar-refractivity contribution >= 4 is 27.3 Å². The summed E-state index contributed by atoms with van der Waals surface area (Å²) in [6.45, 7) is 0.839.